The van der Waals surface area contributed by atoms with E-state index < -0.39 is 0 Å². The topological polar surface area (TPSA) is 50.3 Å². The highest BCUT2D eigenvalue weighted by Gasteiger charge is 2.35. The maximum Gasteiger partial charge on any atom is 0.134 e. The predicted molar refractivity (Wildman–Crippen MR) is 120 cm³/mol. The Morgan fingerprint density at radius 2 is 1.80 bits per heavy atom. The molecule has 2 aliphatic rings. The second-order valence-electron chi connectivity index (χ2n) is 10.5. The highest BCUT2D eigenvalue weighted by Crippen LogP contribution is 2.35. The van der Waals surface area contributed by atoms with Gasteiger partial charge in [-0.3, -0.25) is 9.58 Å². The average Bonchev–Trinajstić information content (AvgIpc) is 3.44. The van der Waals surface area contributed by atoms with Crippen molar-refractivity contribution in [3.8, 4) is 11.4 Å². The van der Waals surface area contributed by atoms with E-state index in [0.29, 0.717) is 10.6 Å². The lowest BCUT2D eigenvalue weighted by atomic mass is 9.90. The van der Waals surface area contributed by atoms with Crippen LogP contribution in [0.15, 0.2) is 10.6 Å². The van der Waals surface area contributed by atoms with Gasteiger partial charge in [0.1, 0.15) is 22.3 Å². The van der Waals surface area contributed by atoms with E-state index in [1.165, 1.54) is 38.9 Å². The largest absolute Gasteiger partial charge is 0.361 e. The van der Waals surface area contributed by atoms with Crippen LogP contribution in [0.2, 0.25) is 5.15 Å². The molecule has 0 amide bonds. The summed E-state index contributed by atoms with van der Waals surface area (Å²) in [5.74, 6) is 2.41. The Kier molecular flexibility index (Phi) is 6.29. The van der Waals surface area contributed by atoms with E-state index in [1.54, 1.807) is 4.68 Å². The molecule has 4 rings (SSSR count). The first kappa shape index (κ1) is 21.8. The van der Waals surface area contributed by atoms with Crippen molar-refractivity contribution in [2.24, 2.45) is 24.3 Å². The molecule has 0 bridgehead atoms. The third kappa shape index (κ3) is 4.92. The van der Waals surface area contributed by atoms with Gasteiger partial charge in [-0.15, -0.1) is 0 Å². The van der Waals surface area contributed by atoms with Gasteiger partial charge in [0.05, 0.1) is 0 Å². The molecule has 0 aliphatic carbocycles. The van der Waals surface area contributed by atoms with E-state index in [4.69, 9.17) is 16.1 Å². The van der Waals surface area contributed by atoms with Gasteiger partial charge in [0.15, 0.2) is 0 Å². The lowest BCUT2D eigenvalue weighted by molar-refractivity contribution is 0.240. The van der Waals surface area contributed by atoms with E-state index >= 15 is 0 Å². The zero-order valence-electron chi connectivity index (χ0n) is 19.1. The number of nitrogens with zero attached hydrogens (tertiary/aromatic N) is 5. The van der Waals surface area contributed by atoms with Gasteiger partial charge >= 0.3 is 0 Å². The monoisotopic (exact) mass is 433 g/mol. The Bertz CT molecular complexity index is 868. The SMILES string of the molecule is Cc1cc(-c2nn(C)c(Cl)c2CN2CC[C@@H](C3CCN(CCC(C)(C)C)C3)C2)no1. The fourth-order valence-electron chi connectivity index (χ4n) is 4.93. The minimum atomic E-state index is 0.422. The molecular weight excluding hydrogens is 398 g/mol. The van der Waals surface area contributed by atoms with Crippen LogP contribution in [0.4, 0.5) is 0 Å². The lowest BCUT2D eigenvalue weighted by Crippen LogP contribution is -2.28. The van der Waals surface area contributed by atoms with E-state index in [9.17, 15) is 0 Å². The Labute approximate surface area is 185 Å². The molecule has 2 saturated heterocycles. The summed E-state index contributed by atoms with van der Waals surface area (Å²) in [7, 11) is 1.89. The number of rotatable bonds is 6. The van der Waals surface area contributed by atoms with Crippen molar-refractivity contribution in [2.75, 3.05) is 32.7 Å². The maximum atomic E-state index is 6.61. The van der Waals surface area contributed by atoms with Crippen LogP contribution >= 0.6 is 11.6 Å². The molecule has 0 spiro atoms. The number of hydrogen-bond donors (Lipinski definition) is 0. The van der Waals surface area contributed by atoms with Gasteiger partial charge in [-0.2, -0.15) is 5.10 Å². The van der Waals surface area contributed by atoms with E-state index in [-0.39, 0.29) is 0 Å². The van der Waals surface area contributed by atoms with Crippen LogP contribution in [0.3, 0.4) is 0 Å². The molecule has 2 atom stereocenters. The van der Waals surface area contributed by atoms with Crippen LogP contribution < -0.4 is 0 Å². The molecule has 4 heterocycles. The summed E-state index contributed by atoms with van der Waals surface area (Å²) in [5, 5.41) is 9.47. The Morgan fingerprint density at radius 3 is 2.43 bits per heavy atom. The van der Waals surface area contributed by atoms with Crippen LogP contribution in [-0.2, 0) is 13.6 Å². The maximum absolute atomic E-state index is 6.61. The fourth-order valence-corrected chi connectivity index (χ4v) is 5.12. The zero-order valence-corrected chi connectivity index (χ0v) is 19.9. The Morgan fingerprint density at radius 1 is 1.13 bits per heavy atom. The van der Waals surface area contributed by atoms with E-state index in [1.807, 2.05) is 20.0 Å². The summed E-state index contributed by atoms with van der Waals surface area (Å²) in [5.41, 5.74) is 3.10. The van der Waals surface area contributed by atoms with Crippen LogP contribution in [0.5, 0.6) is 0 Å². The van der Waals surface area contributed by atoms with Gasteiger partial charge in [0, 0.05) is 38.3 Å². The molecule has 0 aromatic carbocycles. The number of likely N-dealkylation sites (tertiary alicyclic amines) is 2. The summed E-state index contributed by atoms with van der Waals surface area (Å²) >= 11 is 6.61. The molecule has 0 saturated carbocycles. The smallest absolute Gasteiger partial charge is 0.134 e. The molecule has 2 aliphatic heterocycles. The van der Waals surface area contributed by atoms with Gasteiger partial charge in [0.25, 0.3) is 0 Å². The molecule has 0 N–H and O–H groups in total. The van der Waals surface area contributed by atoms with Crippen molar-refractivity contribution < 1.29 is 4.52 Å². The minimum Gasteiger partial charge on any atom is -0.361 e. The van der Waals surface area contributed by atoms with Crippen molar-refractivity contribution >= 4 is 11.6 Å². The van der Waals surface area contributed by atoms with E-state index in [0.717, 1.165) is 54.2 Å². The number of hydrogen-bond acceptors (Lipinski definition) is 5. The predicted octanol–water partition coefficient (Wildman–Crippen LogP) is 4.62. The van der Waals surface area contributed by atoms with Crippen LogP contribution in [0.1, 0.15) is 51.4 Å². The van der Waals surface area contributed by atoms with Crippen LogP contribution in [-0.4, -0.2) is 57.5 Å². The van der Waals surface area contributed by atoms with Crippen molar-refractivity contribution in [3.05, 3.63) is 22.5 Å². The highest BCUT2D eigenvalue weighted by molar-refractivity contribution is 6.30. The first-order valence-electron chi connectivity index (χ1n) is 11.3. The molecule has 7 heteroatoms. The zero-order chi connectivity index (χ0) is 21.5. The highest BCUT2D eigenvalue weighted by atomic mass is 35.5. The quantitative estimate of drug-likeness (QED) is 0.665. The molecule has 166 valence electrons. The lowest BCUT2D eigenvalue weighted by Gasteiger charge is -2.24. The molecule has 1 unspecified atom stereocenters. The molecule has 0 radical (unpaired) electrons. The second kappa shape index (κ2) is 8.64. The first-order valence-corrected chi connectivity index (χ1v) is 11.7. The van der Waals surface area contributed by atoms with Gasteiger partial charge in [0.2, 0.25) is 0 Å². The van der Waals surface area contributed by atoms with Gasteiger partial charge < -0.3 is 9.42 Å². The first-order chi connectivity index (χ1) is 14.2. The standard InChI is InChI=1S/C23H36ClN5O/c1-16-12-20(26-30-16)21-19(22(24)27(5)25-21)15-29-10-7-18(14-29)17-6-9-28(13-17)11-8-23(2,3)4/h12,17-18H,6-11,13-15H2,1-5H3/t17?,18-/m1/s1. The molecule has 2 aromatic heterocycles. The van der Waals surface area contributed by atoms with Crippen molar-refractivity contribution in [3.63, 3.8) is 0 Å². The fraction of sp³-hybridized carbons (Fsp3) is 0.739. The minimum absolute atomic E-state index is 0.422. The molecular formula is C23H36ClN5O. The second-order valence-corrected chi connectivity index (χ2v) is 10.9. The number of aryl methyl sites for hydroxylation is 2. The number of halogens is 1. The molecule has 2 aromatic rings. The van der Waals surface area contributed by atoms with Gasteiger partial charge in [-0.05, 0) is 63.1 Å². The number of aromatic nitrogens is 3. The van der Waals surface area contributed by atoms with Crippen LogP contribution in [0.25, 0.3) is 11.4 Å². The third-order valence-electron chi connectivity index (χ3n) is 6.78. The normalized spacial score (nSPS) is 23.7. The Hall–Kier alpha value is -1.37. The molecule has 30 heavy (non-hydrogen) atoms. The summed E-state index contributed by atoms with van der Waals surface area (Å²) < 4.78 is 7.01. The van der Waals surface area contributed by atoms with Crippen molar-refractivity contribution in [1.29, 1.82) is 0 Å². The van der Waals surface area contributed by atoms with Crippen molar-refractivity contribution in [2.45, 2.75) is 53.5 Å². The summed E-state index contributed by atoms with van der Waals surface area (Å²) in [6, 6.07) is 1.93. The van der Waals surface area contributed by atoms with E-state index in [2.05, 4.69) is 40.8 Å². The summed E-state index contributed by atoms with van der Waals surface area (Å²) in [6.45, 7) is 15.8. The summed E-state index contributed by atoms with van der Waals surface area (Å²) in [6.07, 6.45) is 3.91. The van der Waals surface area contributed by atoms with Crippen molar-refractivity contribution in [1.82, 2.24) is 24.7 Å². The third-order valence-corrected chi connectivity index (χ3v) is 7.26. The van der Waals surface area contributed by atoms with Crippen LogP contribution in [0, 0.1) is 24.2 Å². The van der Waals surface area contributed by atoms with Gasteiger partial charge in [-0.25, -0.2) is 0 Å². The van der Waals surface area contributed by atoms with Gasteiger partial charge in [-0.1, -0.05) is 37.5 Å². The average molecular weight is 434 g/mol. The summed E-state index contributed by atoms with van der Waals surface area (Å²) in [4.78, 5) is 5.23. The Balaban J connectivity index is 1.36. The molecule has 2 fully saturated rings. The molecule has 6 nitrogen and oxygen atoms in total.